The minimum atomic E-state index is 0.162. The van der Waals surface area contributed by atoms with Crippen molar-refractivity contribution in [3.63, 3.8) is 0 Å². The summed E-state index contributed by atoms with van der Waals surface area (Å²) in [6.45, 7) is 4.93. The number of ether oxygens (including phenoxy) is 1. The van der Waals surface area contributed by atoms with Crippen LogP contribution < -0.4 is 0 Å². The van der Waals surface area contributed by atoms with Gasteiger partial charge in [-0.05, 0) is 13.8 Å². The van der Waals surface area contributed by atoms with Gasteiger partial charge in [0, 0.05) is 6.54 Å². The second kappa shape index (κ2) is 5.14. The lowest BCUT2D eigenvalue weighted by Gasteiger charge is -2.07. The van der Waals surface area contributed by atoms with Gasteiger partial charge in [0.25, 0.3) is 0 Å². The smallest absolute Gasteiger partial charge is 0.176 e. The number of rotatable bonds is 4. The minimum absolute atomic E-state index is 0.162. The third kappa shape index (κ3) is 2.80. The summed E-state index contributed by atoms with van der Waals surface area (Å²) in [6, 6.07) is 3.83. The van der Waals surface area contributed by atoms with Gasteiger partial charge in [-0.1, -0.05) is 0 Å². The van der Waals surface area contributed by atoms with Crippen LogP contribution in [0.5, 0.6) is 0 Å². The molecule has 0 spiro atoms. The topological polar surface area (TPSA) is 74.6 Å². The first kappa shape index (κ1) is 11.2. The molecule has 0 aromatic carbocycles. The number of nitriles is 2. The summed E-state index contributed by atoms with van der Waals surface area (Å²) in [7, 11) is 0. The number of hydrogen-bond acceptors (Lipinski definition) is 4. The van der Waals surface area contributed by atoms with Gasteiger partial charge in [-0.2, -0.15) is 10.5 Å². The van der Waals surface area contributed by atoms with Crippen LogP contribution in [0, 0.1) is 22.7 Å². The molecule has 5 heteroatoms. The van der Waals surface area contributed by atoms with Crippen molar-refractivity contribution in [1.82, 2.24) is 9.55 Å². The third-order valence-corrected chi connectivity index (χ3v) is 1.83. The lowest BCUT2D eigenvalue weighted by atomic mass is 10.3. The second-order valence-electron chi connectivity index (χ2n) is 3.28. The number of aromatic nitrogens is 2. The average molecular weight is 204 g/mol. The second-order valence-corrected chi connectivity index (χ2v) is 3.28. The molecular formula is C10H12N4O. The first-order valence-corrected chi connectivity index (χ1v) is 4.66. The summed E-state index contributed by atoms with van der Waals surface area (Å²) in [5.74, 6) is 0. The molecule has 15 heavy (non-hydrogen) atoms. The van der Waals surface area contributed by atoms with E-state index in [1.807, 2.05) is 26.0 Å². The predicted octanol–water partition coefficient (Wildman–Crippen LogP) is 1.05. The molecule has 0 unspecified atom stereocenters. The Morgan fingerprint density at radius 2 is 2.20 bits per heavy atom. The molecule has 1 heterocycles. The van der Waals surface area contributed by atoms with Gasteiger partial charge >= 0.3 is 0 Å². The molecular weight excluding hydrogens is 192 g/mol. The zero-order chi connectivity index (χ0) is 11.3. The highest BCUT2D eigenvalue weighted by Gasteiger charge is 2.09. The fourth-order valence-corrected chi connectivity index (χ4v) is 1.14. The molecule has 0 fully saturated rings. The maximum Gasteiger partial charge on any atom is 0.176 e. The molecule has 0 amide bonds. The molecule has 0 saturated heterocycles. The summed E-state index contributed by atoms with van der Waals surface area (Å²) >= 11 is 0. The largest absolute Gasteiger partial charge is 0.377 e. The van der Waals surface area contributed by atoms with E-state index in [9.17, 15) is 0 Å². The molecule has 0 aliphatic heterocycles. The summed E-state index contributed by atoms with van der Waals surface area (Å²) in [4.78, 5) is 3.83. The summed E-state index contributed by atoms with van der Waals surface area (Å²) in [5, 5.41) is 17.5. The molecule has 0 N–H and O–H groups in total. The van der Waals surface area contributed by atoms with E-state index >= 15 is 0 Å². The first-order valence-electron chi connectivity index (χ1n) is 4.66. The van der Waals surface area contributed by atoms with Crippen LogP contribution >= 0.6 is 0 Å². The SMILES string of the molecule is CC(C)OCCn1cnc(C#N)c1C#N. The van der Waals surface area contributed by atoms with Crippen LogP contribution in [-0.2, 0) is 11.3 Å². The van der Waals surface area contributed by atoms with Crippen LogP contribution in [-0.4, -0.2) is 22.3 Å². The van der Waals surface area contributed by atoms with Crippen LogP contribution in [0.15, 0.2) is 6.33 Å². The fraction of sp³-hybridized carbons (Fsp3) is 0.500. The fourth-order valence-electron chi connectivity index (χ4n) is 1.14. The lowest BCUT2D eigenvalue weighted by Crippen LogP contribution is -2.11. The van der Waals surface area contributed by atoms with Crippen molar-refractivity contribution in [3.05, 3.63) is 17.7 Å². The highest BCUT2D eigenvalue weighted by Crippen LogP contribution is 2.04. The van der Waals surface area contributed by atoms with Crippen molar-refractivity contribution in [2.24, 2.45) is 0 Å². The van der Waals surface area contributed by atoms with Gasteiger partial charge in [-0.15, -0.1) is 0 Å². The van der Waals surface area contributed by atoms with Crippen LogP contribution in [0.1, 0.15) is 25.2 Å². The van der Waals surface area contributed by atoms with Crippen molar-refractivity contribution >= 4 is 0 Å². The van der Waals surface area contributed by atoms with Gasteiger partial charge in [0.15, 0.2) is 11.4 Å². The molecule has 0 radical (unpaired) electrons. The van der Waals surface area contributed by atoms with E-state index in [-0.39, 0.29) is 11.8 Å². The Morgan fingerprint density at radius 1 is 1.47 bits per heavy atom. The number of hydrogen-bond donors (Lipinski definition) is 0. The van der Waals surface area contributed by atoms with Crippen molar-refractivity contribution in [1.29, 1.82) is 10.5 Å². The van der Waals surface area contributed by atoms with E-state index in [0.29, 0.717) is 18.8 Å². The Balaban J connectivity index is 2.67. The van der Waals surface area contributed by atoms with Gasteiger partial charge < -0.3 is 9.30 Å². The Bertz CT molecular complexity index is 408. The van der Waals surface area contributed by atoms with Crippen LogP contribution in [0.3, 0.4) is 0 Å². The highest BCUT2D eigenvalue weighted by molar-refractivity contribution is 5.35. The maximum atomic E-state index is 8.83. The predicted molar refractivity (Wildman–Crippen MR) is 52.7 cm³/mol. The maximum absolute atomic E-state index is 8.83. The normalized spacial score (nSPS) is 9.93. The third-order valence-electron chi connectivity index (χ3n) is 1.83. The Morgan fingerprint density at radius 3 is 2.73 bits per heavy atom. The monoisotopic (exact) mass is 204 g/mol. The molecule has 1 aromatic rings. The molecule has 1 aromatic heterocycles. The lowest BCUT2D eigenvalue weighted by molar-refractivity contribution is 0.0726. The van der Waals surface area contributed by atoms with Crippen LogP contribution in [0.25, 0.3) is 0 Å². The molecule has 1 rings (SSSR count). The standard InChI is InChI=1S/C10H12N4O/c1-8(2)15-4-3-14-7-13-9(5-11)10(14)6-12/h7-8H,3-4H2,1-2H3. The van der Waals surface area contributed by atoms with E-state index in [4.69, 9.17) is 15.3 Å². The highest BCUT2D eigenvalue weighted by atomic mass is 16.5. The van der Waals surface area contributed by atoms with E-state index in [1.165, 1.54) is 6.33 Å². The Kier molecular flexibility index (Phi) is 3.84. The van der Waals surface area contributed by atoms with E-state index < -0.39 is 0 Å². The Labute approximate surface area is 88.5 Å². The minimum Gasteiger partial charge on any atom is -0.377 e. The van der Waals surface area contributed by atoms with Gasteiger partial charge in [0.05, 0.1) is 19.0 Å². The summed E-state index contributed by atoms with van der Waals surface area (Å²) in [6.07, 6.45) is 1.65. The van der Waals surface area contributed by atoms with E-state index in [1.54, 1.807) is 4.57 Å². The van der Waals surface area contributed by atoms with Gasteiger partial charge in [-0.25, -0.2) is 4.98 Å². The Hall–Kier alpha value is -1.85. The van der Waals surface area contributed by atoms with Gasteiger partial charge in [0.2, 0.25) is 0 Å². The summed E-state index contributed by atoms with van der Waals surface area (Å²) < 4.78 is 6.97. The molecule has 78 valence electrons. The van der Waals surface area contributed by atoms with Gasteiger partial charge in [-0.3, -0.25) is 0 Å². The van der Waals surface area contributed by atoms with Gasteiger partial charge in [0.1, 0.15) is 12.1 Å². The van der Waals surface area contributed by atoms with Crippen molar-refractivity contribution in [2.75, 3.05) is 6.61 Å². The number of nitrogens with zero attached hydrogens (tertiary/aromatic N) is 4. The zero-order valence-electron chi connectivity index (χ0n) is 8.77. The van der Waals surface area contributed by atoms with Crippen molar-refractivity contribution < 1.29 is 4.74 Å². The van der Waals surface area contributed by atoms with Crippen LogP contribution in [0.2, 0.25) is 0 Å². The quantitative estimate of drug-likeness (QED) is 0.734. The molecule has 0 aliphatic rings. The first-order chi connectivity index (χ1) is 7.19. The molecule has 5 nitrogen and oxygen atoms in total. The molecule has 0 saturated carbocycles. The van der Waals surface area contributed by atoms with Crippen molar-refractivity contribution in [3.8, 4) is 12.1 Å². The van der Waals surface area contributed by atoms with Crippen molar-refractivity contribution in [2.45, 2.75) is 26.5 Å². The average Bonchev–Trinajstić information content (AvgIpc) is 2.59. The summed E-state index contributed by atoms with van der Waals surface area (Å²) in [5.41, 5.74) is 0.465. The molecule has 0 bridgehead atoms. The van der Waals surface area contributed by atoms with E-state index in [2.05, 4.69) is 4.98 Å². The number of imidazole rings is 1. The molecule has 0 aliphatic carbocycles. The molecule has 0 atom stereocenters. The zero-order valence-corrected chi connectivity index (χ0v) is 8.77. The van der Waals surface area contributed by atoms with E-state index in [0.717, 1.165) is 0 Å². The van der Waals surface area contributed by atoms with Crippen LogP contribution in [0.4, 0.5) is 0 Å².